The van der Waals surface area contributed by atoms with Gasteiger partial charge in [0.15, 0.2) is 0 Å². The molecule has 0 bridgehead atoms. The monoisotopic (exact) mass is 358 g/mol. The molecular formula is C22H24F2O2. The predicted octanol–water partition coefficient (Wildman–Crippen LogP) is 6.20. The second kappa shape index (κ2) is 8.35. The molecule has 26 heavy (non-hydrogen) atoms. The fourth-order valence-corrected chi connectivity index (χ4v) is 3.71. The van der Waals surface area contributed by atoms with Crippen molar-refractivity contribution in [2.75, 3.05) is 14.2 Å². The van der Waals surface area contributed by atoms with Crippen LogP contribution in [0.4, 0.5) is 8.78 Å². The Labute approximate surface area is 153 Å². The van der Waals surface area contributed by atoms with Gasteiger partial charge in [-0.1, -0.05) is 31.4 Å². The zero-order valence-corrected chi connectivity index (χ0v) is 15.2. The summed E-state index contributed by atoms with van der Waals surface area (Å²) in [6.07, 6.45) is 9.51. The van der Waals surface area contributed by atoms with Gasteiger partial charge in [0.2, 0.25) is 0 Å². The van der Waals surface area contributed by atoms with Crippen molar-refractivity contribution in [1.82, 2.24) is 0 Å². The fraction of sp³-hybridized carbons (Fsp3) is 0.364. The Morgan fingerprint density at radius 3 is 1.77 bits per heavy atom. The molecule has 0 atom stereocenters. The largest absolute Gasteiger partial charge is 0.496 e. The van der Waals surface area contributed by atoms with Gasteiger partial charge in [0.1, 0.15) is 23.1 Å². The van der Waals surface area contributed by atoms with E-state index in [1.807, 2.05) is 18.2 Å². The van der Waals surface area contributed by atoms with Gasteiger partial charge in [-0.2, -0.15) is 0 Å². The van der Waals surface area contributed by atoms with E-state index >= 15 is 0 Å². The molecule has 1 saturated carbocycles. The van der Waals surface area contributed by atoms with Crippen LogP contribution in [0, 0.1) is 11.6 Å². The van der Waals surface area contributed by atoms with Gasteiger partial charge in [0.05, 0.1) is 14.2 Å². The molecule has 3 rings (SSSR count). The smallest absolute Gasteiger partial charge is 0.126 e. The van der Waals surface area contributed by atoms with E-state index in [4.69, 9.17) is 9.47 Å². The van der Waals surface area contributed by atoms with Crippen LogP contribution >= 0.6 is 0 Å². The van der Waals surface area contributed by atoms with E-state index in [9.17, 15) is 8.78 Å². The Balaban J connectivity index is 1.94. The molecule has 0 aliphatic heterocycles. The van der Waals surface area contributed by atoms with E-state index in [-0.39, 0.29) is 0 Å². The fourth-order valence-electron chi connectivity index (χ4n) is 3.71. The van der Waals surface area contributed by atoms with Crippen LogP contribution in [0.25, 0.3) is 12.2 Å². The molecule has 1 aliphatic carbocycles. The lowest BCUT2D eigenvalue weighted by Gasteiger charge is -2.26. The van der Waals surface area contributed by atoms with Gasteiger partial charge in [-0.05, 0) is 54.2 Å². The van der Waals surface area contributed by atoms with Crippen LogP contribution in [0.15, 0.2) is 30.3 Å². The highest BCUT2D eigenvalue weighted by molar-refractivity contribution is 5.72. The first-order valence-electron chi connectivity index (χ1n) is 9.01. The zero-order chi connectivity index (χ0) is 18.5. The number of rotatable bonds is 5. The molecule has 2 nitrogen and oxygen atoms in total. The average Bonchev–Trinajstić information content (AvgIpc) is 2.65. The van der Waals surface area contributed by atoms with Crippen LogP contribution in [0.2, 0.25) is 0 Å². The lowest BCUT2D eigenvalue weighted by Crippen LogP contribution is -2.08. The first-order chi connectivity index (χ1) is 12.6. The summed E-state index contributed by atoms with van der Waals surface area (Å²) < 4.78 is 37.9. The maximum Gasteiger partial charge on any atom is 0.126 e. The first kappa shape index (κ1) is 18.4. The van der Waals surface area contributed by atoms with Crippen molar-refractivity contribution in [3.8, 4) is 11.5 Å². The van der Waals surface area contributed by atoms with Crippen LogP contribution in [0.1, 0.15) is 54.7 Å². The molecule has 1 aliphatic rings. The highest BCUT2D eigenvalue weighted by Crippen LogP contribution is 2.43. The predicted molar refractivity (Wildman–Crippen MR) is 101 cm³/mol. The van der Waals surface area contributed by atoms with Crippen LogP contribution in [0.5, 0.6) is 11.5 Å². The number of hydrogen-bond donors (Lipinski definition) is 0. The quantitative estimate of drug-likeness (QED) is 0.593. The summed E-state index contributed by atoms with van der Waals surface area (Å²) in [7, 11) is 3.33. The zero-order valence-electron chi connectivity index (χ0n) is 15.2. The Bertz CT molecular complexity index is 747. The third-order valence-corrected chi connectivity index (χ3v) is 4.93. The molecular weight excluding hydrogens is 334 g/mol. The molecule has 0 amide bonds. The molecule has 4 heteroatoms. The summed E-state index contributed by atoms with van der Waals surface area (Å²) in [5.74, 6) is 0.881. The summed E-state index contributed by atoms with van der Waals surface area (Å²) in [5, 5.41) is 0. The SMILES string of the molecule is COc1cc(C=Cc2cc(F)cc(F)c2)cc(OC)c1C1CCCCC1. The summed E-state index contributed by atoms with van der Waals surface area (Å²) >= 11 is 0. The molecule has 0 spiro atoms. The lowest BCUT2D eigenvalue weighted by molar-refractivity contribution is 0.359. The number of methoxy groups -OCH3 is 2. The van der Waals surface area contributed by atoms with Crippen molar-refractivity contribution >= 4 is 12.2 Å². The van der Waals surface area contributed by atoms with E-state index in [2.05, 4.69) is 0 Å². The van der Waals surface area contributed by atoms with E-state index in [0.29, 0.717) is 11.5 Å². The van der Waals surface area contributed by atoms with Gasteiger partial charge >= 0.3 is 0 Å². The Hall–Kier alpha value is -2.36. The third-order valence-electron chi connectivity index (χ3n) is 4.93. The lowest BCUT2D eigenvalue weighted by atomic mass is 9.82. The third kappa shape index (κ3) is 4.24. The number of hydrogen-bond acceptors (Lipinski definition) is 2. The molecule has 0 N–H and O–H groups in total. The topological polar surface area (TPSA) is 18.5 Å². The average molecular weight is 358 g/mol. The standard InChI is InChI=1S/C22H24F2O2/c1-25-20-12-16(9-8-15-10-18(23)14-19(24)11-15)13-21(26-2)22(20)17-6-4-3-5-7-17/h8-14,17H,3-7H2,1-2H3. The van der Waals surface area contributed by atoms with Crippen LogP contribution in [-0.2, 0) is 0 Å². The van der Waals surface area contributed by atoms with Gasteiger partial charge in [0, 0.05) is 11.6 Å². The van der Waals surface area contributed by atoms with Crippen LogP contribution < -0.4 is 9.47 Å². The molecule has 0 unspecified atom stereocenters. The van der Waals surface area contributed by atoms with Crippen LogP contribution in [0.3, 0.4) is 0 Å². The van der Waals surface area contributed by atoms with Gasteiger partial charge in [-0.15, -0.1) is 0 Å². The van der Waals surface area contributed by atoms with Crippen molar-refractivity contribution in [3.63, 3.8) is 0 Å². The molecule has 2 aromatic rings. The molecule has 0 heterocycles. The molecule has 0 radical (unpaired) electrons. The van der Waals surface area contributed by atoms with Gasteiger partial charge in [-0.3, -0.25) is 0 Å². The molecule has 2 aromatic carbocycles. The number of benzene rings is 2. The van der Waals surface area contributed by atoms with Crippen molar-refractivity contribution in [1.29, 1.82) is 0 Å². The summed E-state index contributed by atoms with van der Waals surface area (Å²) in [6, 6.07) is 7.37. The molecule has 0 aromatic heterocycles. The van der Waals surface area contributed by atoms with Gasteiger partial charge in [-0.25, -0.2) is 8.78 Å². The second-order valence-corrected chi connectivity index (χ2v) is 6.71. The van der Waals surface area contributed by atoms with Gasteiger partial charge in [0.25, 0.3) is 0 Å². The Kier molecular flexibility index (Phi) is 5.92. The van der Waals surface area contributed by atoms with Crippen molar-refractivity contribution in [2.45, 2.75) is 38.0 Å². The summed E-state index contributed by atoms with van der Waals surface area (Å²) in [4.78, 5) is 0. The first-order valence-corrected chi connectivity index (χ1v) is 9.01. The van der Waals surface area contributed by atoms with E-state index in [1.165, 1.54) is 31.4 Å². The maximum absolute atomic E-state index is 13.3. The normalized spacial score (nSPS) is 15.4. The van der Waals surface area contributed by atoms with Crippen molar-refractivity contribution in [3.05, 3.63) is 58.7 Å². The Morgan fingerprint density at radius 2 is 1.27 bits per heavy atom. The summed E-state index contributed by atoms with van der Waals surface area (Å²) in [5.41, 5.74) is 2.46. The minimum Gasteiger partial charge on any atom is -0.496 e. The minimum atomic E-state index is -0.590. The Morgan fingerprint density at radius 1 is 0.769 bits per heavy atom. The van der Waals surface area contributed by atoms with E-state index < -0.39 is 11.6 Å². The van der Waals surface area contributed by atoms with Gasteiger partial charge < -0.3 is 9.47 Å². The molecule has 138 valence electrons. The minimum absolute atomic E-state index is 0.448. The second-order valence-electron chi connectivity index (χ2n) is 6.71. The van der Waals surface area contributed by atoms with Crippen molar-refractivity contribution < 1.29 is 18.3 Å². The maximum atomic E-state index is 13.3. The van der Waals surface area contributed by atoms with Crippen molar-refractivity contribution in [2.24, 2.45) is 0 Å². The van der Waals surface area contributed by atoms with E-state index in [1.54, 1.807) is 20.3 Å². The number of ether oxygens (including phenoxy) is 2. The summed E-state index contributed by atoms with van der Waals surface area (Å²) in [6.45, 7) is 0. The number of halogens is 2. The molecule has 0 saturated heterocycles. The highest BCUT2D eigenvalue weighted by atomic mass is 19.1. The highest BCUT2D eigenvalue weighted by Gasteiger charge is 2.23. The van der Waals surface area contributed by atoms with E-state index in [0.717, 1.165) is 41.5 Å². The molecule has 1 fully saturated rings. The van der Waals surface area contributed by atoms with Crippen LogP contribution in [-0.4, -0.2) is 14.2 Å².